The molecule has 3 aromatic rings. The summed E-state index contributed by atoms with van der Waals surface area (Å²) in [6.07, 6.45) is 13.8. The van der Waals surface area contributed by atoms with Crippen LogP contribution in [0.1, 0.15) is 25.7 Å². The number of thiophene rings is 1. The highest BCUT2D eigenvalue weighted by molar-refractivity contribution is 7.99. The number of hydrogen-bond donors (Lipinski definition) is 0. The van der Waals surface area contributed by atoms with Gasteiger partial charge in [0, 0.05) is 23.6 Å². The average molecular weight is 422 g/mol. The molecule has 4 rings (SSSR count). The molecule has 0 bridgehead atoms. The lowest BCUT2D eigenvalue weighted by Gasteiger charge is -2.17. The molecule has 1 aliphatic rings. The molecule has 2 heterocycles. The van der Waals surface area contributed by atoms with Gasteiger partial charge in [-0.3, -0.25) is 9.78 Å². The smallest absolute Gasteiger partial charge is 0.202 e. The first-order valence-corrected chi connectivity index (χ1v) is 12.0. The van der Waals surface area contributed by atoms with Crippen molar-refractivity contribution in [2.75, 3.05) is 6.26 Å². The standard InChI is InChI=1S/C24H23NO2S2/c1-28-24(23(26)10-7-17-5-3-2-4-6-17)27-21-8-9-22-19(14-21)13-20(15-25-22)18-11-12-29-16-18/h3,5-6,8-9,11-16,24H,2,4,7,10H2,1H3. The van der Waals surface area contributed by atoms with Crippen LogP contribution in [0.5, 0.6) is 5.75 Å². The fraction of sp³-hybridized carbons (Fsp3) is 0.250. The van der Waals surface area contributed by atoms with Gasteiger partial charge in [-0.2, -0.15) is 11.3 Å². The van der Waals surface area contributed by atoms with Crippen LogP contribution in [0, 0.1) is 0 Å². The Labute approximate surface area is 179 Å². The fourth-order valence-corrected chi connectivity index (χ4v) is 4.63. The number of pyridine rings is 1. The molecule has 0 saturated carbocycles. The largest absolute Gasteiger partial charge is 0.472 e. The third-order valence-corrected chi connectivity index (χ3v) is 6.43. The van der Waals surface area contributed by atoms with E-state index in [1.807, 2.05) is 30.7 Å². The molecular formula is C24H23NO2S2. The zero-order valence-electron chi connectivity index (χ0n) is 16.3. The summed E-state index contributed by atoms with van der Waals surface area (Å²) >= 11 is 3.11. The molecule has 1 aromatic carbocycles. The highest BCUT2D eigenvalue weighted by Crippen LogP contribution is 2.28. The Morgan fingerprint density at radius 3 is 2.93 bits per heavy atom. The summed E-state index contributed by atoms with van der Waals surface area (Å²) in [5, 5.41) is 5.19. The Hall–Kier alpha value is -2.37. The summed E-state index contributed by atoms with van der Waals surface area (Å²) in [4.78, 5) is 17.2. The summed E-state index contributed by atoms with van der Waals surface area (Å²) in [6.45, 7) is 0. The predicted octanol–water partition coefficient (Wildman–Crippen LogP) is 6.66. The lowest BCUT2D eigenvalue weighted by atomic mass is 10.0. The van der Waals surface area contributed by atoms with Crippen LogP contribution in [0.3, 0.4) is 0 Å². The minimum atomic E-state index is -0.492. The van der Waals surface area contributed by atoms with Crippen molar-refractivity contribution in [1.82, 2.24) is 4.98 Å². The summed E-state index contributed by atoms with van der Waals surface area (Å²) in [7, 11) is 0. The fourth-order valence-electron chi connectivity index (χ4n) is 3.38. The molecule has 1 atom stereocenters. The van der Waals surface area contributed by atoms with E-state index in [2.05, 4.69) is 46.1 Å². The van der Waals surface area contributed by atoms with E-state index in [1.54, 1.807) is 11.3 Å². The summed E-state index contributed by atoms with van der Waals surface area (Å²) in [5.41, 5.74) is 3.93. The average Bonchev–Trinajstić information content (AvgIpc) is 3.31. The number of ether oxygens (including phenoxy) is 1. The van der Waals surface area contributed by atoms with Crippen LogP contribution < -0.4 is 4.74 Å². The highest BCUT2D eigenvalue weighted by atomic mass is 32.2. The lowest BCUT2D eigenvalue weighted by molar-refractivity contribution is -0.122. The van der Waals surface area contributed by atoms with Gasteiger partial charge in [0.05, 0.1) is 5.52 Å². The summed E-state index contributed by atoms with van der Waals surface area (Å²) < 4.78 is 6.05. The number of benzene rings is 1. The second-order valence-electron chi connectivity index (χ2n) is 7.00. The Bertz CT molecular complexity index is 1050. The first-order chi connectivity index (χ1) is 14.2. The first kappa shape index (κ1) is 19.9. The third kappa shape index (κ3) is 4.98. The SMILES string of the molecule is CSC(Oc1ccc2ncc(-c3ccsc3)cc2c1)C(=O)CCC1=CCCC=C1. The van der Waals surface area contributed by atoms with Gasteiger partial charge in [0.1, 0.15) is 5.75 Å². The Balaban J connectivity index is 1.46. The minimum absolute atomic E-state index is 0.127. The van der Waals surface area contributed by atoms with E-state index in [4.69, 9.17) is 4.74 Å². The predicted molar refractivity (Wildman–Crippen MR) is 124 cm³/mol. The number of carbonyl (C=O) groups is 1. The number of thioether (sulfide) groups is 1. The monoisotopic (exact) mass is 421 g/mol. The molecule has 0 spiro atoms. The van der Waals surface area contributed by atoms with Crippen molar-refractivity contribution in [3.63, 3.8) is 0 Å². The zero-order chi connectivity index (χ0) is 20.1. The molecule has 0 radical (unpaired) electrons. The van der Waals surface area contributed by atoms with Gasteiger partial charge in [-0.05, 0) is 72.2 Å². The number of rotatable bonds is 8. The van der Waals surface area contributed by atoms with Crippen LogP contribution >= 0.6 is 23.1 Å². The first-order valence-electron chi connectivity index (χ1n) is 9.73. The number of Topliss-reactive ketones (excluding diaryl/α,β-unsaturated/α-hetero) is 1. The lowest BCUT2D eigenvalue weighted by Crippen LogP contribution is -2.23. The number of aromatic nitrogens is 1. The molecule has 0 fully saturated rings. The van der Waals surface area contributed by atoms with Crippen molar-refractivity contribution in [3.8, 4) is 16.9 Å². The molecular weight excluding hydrogens is 398 g/mol. The quantitative estimate of drug-likeness (QED) is 0.381. The van der Waals surface area contributed by atoms with Crippen LogP contribution in [0.15, 0.2) is 71.1 Å². The number of carbonyl (C=O) groups excluding carboxylic acids is 1. The Morgan fingerprint density at radius 1 is 1.24 bits per heavy atom. The van der Waals surface area contributed by atoms with E-state index in [0.29, 0.717) is 12.2 Å². The van der Waals surface area contributed by atoms with E-state index >= 15 is 0 Å². The van der Waals surface area contributed by atoms with Gasteiger partial charge in [0.15, 0.2) is 5.78 Å². The Morgan fingerprint density at radius 2 is 2.17 bits per heavy atom. The van der Waals surface area contributed by atoms with Crippen molar-refractivity contribution >= 4 is 39.8 Å². The third-order valence-electron chi connectivity index (χ3n) is 4.96. The summed E-state index contributed by atoms with van der Waals surface area (Å²) in [6, 6.07) is 10.0. The van der Waals surface area contributed by atoms with Crippen LogP contribution in [0.4, 0.5) is 0 Å². The number of fused-ring (bicyclic) bond motifs is 1. The molecule has 0 N–H and O–H groups in total. The molecule has 148 valence electrons. The van der Waals surface area contributed by atoms with Crippen molar-refractivity contribution in [2.24, 2.45) is 0 Å². The van der Waals surface area contributed by atoms with E-state index in [9.17, 15) is 4.79 Å². The molecule has 5 heteroatoms. The second kappa shape index (κ2) is 9.42. The van der Waals surface area contributed by atoms with Gasteiger partial charge in [0.2, 0.25) is 5.44 Å². The highest BCUT2D eigenvalue weighted by Gasteiger charge is 2.19. The van der Waals surface area contributed by atoms with Gasteiger partial charge in [0.25, 0.3) is 0 Å². The summed E-state index contributed by atoms with van der Waals surface area (Å²) in [5.74, 6) is 0.828. The zero-order valence-corrected chi connectivity index (χ0v) is 18.0. The van der Waals surface area contributed by atoms with Crippen molar-refractivity contribution in [2.45, 2.75) is 31.1 Å². The molecule has 29 heavy (non-hydrogen) atoms. The number of allylic oxidation sites excluding steroid dienone is 4. The van der Waals surface area contributed by atoms with Crippen LogP contribution in [-0.4, -0.2) is 22.5 Å². The molecule has 2 aromatic heterocycles. The van der Waals surface area contributed by atoms with E-state index < -0.39 is 5.44 Å². The van der Waals surface area contributed by atoms with Crippen LogP contribution in [0.25, 0.3) is 22.0 Å². The molecule has 0 aliphatic heterocycles. The second-order valence-corrected chi connectivity index (χ2v) is 8.68. The number of hydrogen-bond acceptors (Lipinski definition) is 5. The van der Waals surface area contributed by atoms with Gasteiger partial charge in [-0.1, -0.05) is 23.8 Å². The number of ketones is 1. The maximum atomic E-state index is 12.7. The molecule has 0 saturated heterocycles. The minimum Gasteiger partial charge on any atom is -0.472 e. The van der Waals surface area contributed by atoms with Crippen LogP contribution in [-0.2, 0) is 4.79 Å². The van der Waals surface area contributed by atoms with Crippen molar-refractivity contribution in [1.29, 1.82) is 0 Å². The van der Waals surface area contributed by atoms with E-state index in [0.717, 1.165) is 35.7 Å². The van der Waals surface area contributed by atoms with Crippen molar-refractivity contribution in [3.05, 3.63) is 71.1 Å². The van der Waals surface area contributed by atoms with Crippen molar-refractivity contribution < 1.29 is 9.53 Å². The van der Waals surface area contributed by atoms with Gasteiger partial charge in [-0.15, -0.1) is 11.8 Å². The molecule has 0 amide bonds. The molecule has 3 nitrogen and oxygen atoms in total. The molecule has 1 aliphatic carbocycles. The normalized spacial score (nSPS) is 14.6. The topological polar surface area (TPSA) is 39.2 Å². The van der Waals surface area contributed by atoms with Gasteiger partial charge < -0.3 is 4.74 Å². The number of nitrogens with zero attached hydrogens (tertiary/aromatic N) is 1. The van der Waals surface area contributed by atoms with Crippen LogP contribution in [0.2, 0.25) is 0 Å². The maximum absolute atomic E-state index is 12.7. The molecule has 1 unspecified atom stereocenters. The van der Waals surface area contributed by atoms with E-state index in [-0.39, 0.29) is 5.78 Å². The Kier molecular flexibility index (Phi) is 6.47. The van der Waals surface area contributed by atoms with Gasteiger partial charge in [-0.25, -0.2) is 0 Å². The van der Waals surface area contributed by atoms with E-state index in [1.165, 1.54) is 22.9 Å². The van der Waals surface area contributed by atoms with Gasteiger partial charge >= 0.3 is 0 Å². The maximum Gasteiger partial charge on any atom is 0.202 e.